The number of rotatable bonds is 2. The van der Waals surface area contributed by atoms with Crippen LogP contribution in [0.25, 0.3) is 0 Å². The summed E-state index contributed by atoms with van der Waals surface area (Å²) in [6.45, 7) is 2.00. The first-order valence-electron chi connectivity index (χ1n) is 8.49. The van der Waals surface area contributed by atoms with Gasteiger partial charge in [-0.1, -0.05) is 0 Å². The van der Waals surface area contributed by atoms with Crippen molar-refractivity contribution in [1.29, 1.82) is 0 Å². The van der Waals surface area contributed by atoms with E-state index in [-0.39, 0.29) is 30.7 Å². The zero-order chi connectivity index (χ0) is 17.9. The average Bonchev–Trinajstić information content (AvgIpc) is 2.54. The minimum atomic E-state index is -4.11. The van der Waals surface area contributed by atoms with E-state index in [4.69, 9.17) is 0 Å². The highest BCUT2D eigenvalue weighted by Gasteiger charge is 2.41. The Labute approximate surface area is 140 Å². The summed E-state index contributed by atoms with van der Waals surface area (Å²) in [6, 6.07) is -0.0624. The molecule has 1 heterocycles. The molecule has 0 bridgehead atoms. The molecule has 0 aromatic heterocycles. The molecule has 0 aromatic carbocycles. The van der Waals surface area contributed by atoms with E-state index in [1.807, 2.05) is 0 Å². The van der Waals surface area contributed by atoms with Crippen LogP contribution in [0.5, 0.6) is 0 Å². The van der Waals surface area contributed by atoms with Gasteiger partial charge < -0.3 is 14.7 Å². The number of hydrogen-bond acceptors (Lipinski definition) is 2. The Bertz CT molecular complexity index is 452. The van der Waals surface area contributed by atoms with Crippen molar-refractivity contribution in [2.75, 3.05) is 40.3 Å². The van der Waals surface area contributed by atoms with Crippen LogP contribution in [0.15, 0.2) is 0 Å². The summed E-state index contributed by atoms with van der Waals surface area (Å²) < 4.78 is 38.0. The maximum atomic E-state index is 12.7. The predicted octanol–water partition coefficient (Wildman–Crippen LogP) is 2.57. The minimum Gasteiger partial charge on any atom is -0.339 e. The summed E-state index contributed by atoms with van der Waals surface area (Å²) >= 11 is 0. The van der Waals surface area contributed by atoms with Crippen LogP contribution in [-0.2, 0) is 4.79 Å². The van der Waals surface area contributed by atoms with E-state index in [0.717, 1.165) is 0 Å². The molecule has 3 amide bonds. The standard InChI is InChI=1S/C16H26F3N3O2/c1-20(2)15(24)22-9-7-21(8-10-22)14(23)11-12-3-5-13(6-4-12)16(17,18)19/h12-13H,3-11H2,1-2H3. The Balaban J connectivity index is 1.74. The predicted molar refractivity (Wildman–Crippen MR) is 83.4 cm³/mol. The van der Waals surface area contributed by atoms with Gasteiger partial charge in [0.15, 0.2) is 0 Å². The fourth-order valence-electron chi connectivity index (χ4n) is 3.50. The van der Waals surface area contributed by atoms with Crippen molar-refractivity contribution in [3.8, 4) is 0 Å². The molecule has 5 nitrogen and oxygen atoms in total. The lowest BCUT2D eigenvalue weighted by Crippen LogP contribution is -2.53. The molecule has 0 unspecified atom stereocenters. The fourth-order valence-corrected chi connectivity index (χ4v) is 3.50. The second-order valence-electron chi connectivity index (χ2n) is 7.01. The maximum absolute atomic E-state index is 12.7. The van der Waals surface area contributed by atoms with Crippen LogP contribution in [0.4, 0.5) is 18.0 Å². The molecular formula is C16H26F3N3O2. The first kappa shape index (κ1) is 18.9. The Kier molecular flexibility index (Phi) is 5.98. The third-order valence-electron chi connectivity index (χ3n) is 5.06. The topological polar surface area (TPSA) is 43.9 Å². The molecule has 1 aliphatic heterocycles. The van der Waals surface area contributed by atoms with Crippen LogP contribution < -0.4 is 0 Å². The molecule has 0 radical (unpaired) electrons. The van der Waals surface area contributed by atoms with Crippen molar-refractivity contribution < 1.29 is 22.8 Å². The number of hydrogen-bond donors (Lipinski definition) is 0. The molecule has 1 aliphatic carbocycles. The van der Waals surface area contributed by atoms with E-state index in [1.54, 1.807) is 23.9 Å². The molecule has 138 valence electrons. The van der Waals surface area contributed by atoms with Crippen LogP contribution >= 0.6 is 0 Å². The van der Waals surface area contributed by atoms with E-state index < -0.39 is 12.1 Å². The summed E-state index contributed by atoms with van der Waals surface area (Å²) in [6.07, 6.45) is -2.58. The zero-order valence-electron chi connectivity index (χ0n) is 14.3. The smallest absolute Gasteiger partial charge is 0.339 e. The number of carbonyl (C=O) groups is 2. The van der Waals surface area contributed by atoms with Gasteiger partial charge in [-0.2, -0.15) is 13.2 Å². The van der Waals surface area contributed by atoms with Crippen molar-refractivity contribution in [2.45, 2.75) is 38.3 Å². The maximum Gasteiger partial charge on any atom is 0.391 e. The van der Waals surface area contributed by atoms with Gasteiger partial charge in [-0.3, -0.25) is 4.79 Å². The normalized spacial score (nSPS) is 25.5. The quantitative estimate of drug-likeness (QED) is 0.769. The minimum absolute atomic E-state index is 0.00223. The number of halogens is 3. The first-order valence-corrected chi connectivity index (χ1v) is 8.49. The Morgan fingerprint density at radius 3 is 1.92 bits per heavy atom. The molecule has 2 rings (SSSR count). The van der Waals surface area contributed by atoms with Crippen molar-refractivity contribution in [2.24, 2.45) is 11.8 Å². The Morgan fingerprint density at radius 2 is 1.46 bits per heavy atom. The van der Waals surface area contributed by atoms with Gasteiger partial charge >= 0.3 is 12.2 Å². The van der Waals surface area contributed by atoms with E-state index in [1.165, 1.54) is 4.90 Å². The highest BCUT2D eigenvalue weighted by atomic mass is 19.4. The third-order valence-corrected chi connectivity index (χ3v) is 5.06. The Morgan fingerprint density at radius 1 is 0.958 bits per heavy atom. The highest BCUT2D eigenvalue weighted by molar-refractivity contribution is 5.77. The number of nitrogens with zero attached hydrogens (tertiary/aromatic N) is 3. The van der Waals surface area contributed by atoms with Crippen LogP contribution in [0, 0.1) is 11.8 Å². The average molecular weight is 349 g/mol. The van der Waals surface area contributed by atoms with E-state index >= 15 is 0 Å². The molecule has 0 N–H and O–H groups in total. The second-order valence-corrected chi connectivity index (χ2v) is 7.01. The van der Waals surface area contributed by atoms with Gasteiger partial charge in [0.05, 0.1) is 5.92 Å². The number of piperazine rings is 1. The van der Waals surface area contributed by atoms with Gasteiger partial charge in [0.25, 0.3) is 0 Å². The molecule has 1 saturated heterocycles. The number of carbonyl (C=O) groups excluding carboxylic acids is 2. The van der Waals surface area contributed by atoms with Gasteiger partial charge in [-0.15, -0.1) is 0 Å². The van der Waals surface area contributed by atoms with Crippen molar-refractivity contribution in [3.05, 3.63) is 0 Å². The molecule has 0 atom stereocenters. The largest absolute Gasteiger partial charge is 0.391 e. The lowest BCUT2D eigenvalue weighted by Gasteiger charge is -2.37. The number of amides is 3. The van der Waals surface area contributed by atoms with Crippen molar-refractivity contribution in [1.82, 2.24) is 14.7 Å². The molecule has 8 heteroatoms. The molecular weight excluding hydrogens is 323 g/mol. The van der Waals surface area contributed by atoms with Gasteiger partial charge in [-0.05, 0) is 31.6 Å². The lowest BCUT2D eigenvalue weighted by atomic mass is 9.80. The van der Waals surface area contributed by atoms with Crippen molar-refractivity contribution in [3.63, 3.8) is 0 Å². The summed E-state index contributed by atoms with van der Waals surface area (Å²) in [7, 11) is 3.38. The van der Waals surface area contributed by atoms with Crippen LogP contribution in [-0.4, -0.2) is 73.1 Å². The summed E-state index contributed by atoms with van der Waals surface area (Å²) in [5, 5.41) is 0. The SMILES string of the molecule is CN(C)C(=O)N1CCN(C(=O)CC2CCC(C(F)(F)F)CC2)CC1. The van der Waals surface area contributed by atoms with Gasteiger partial charge in [0.2, 0.25) is 5.91 Å². The Hall–Kier alpha value is -1.47. The summed E-state index contributed by atoms with van der Waals surface area (Å²) in [5.74, 6) is -1.15. The lowest BCUT2D eigenvalue weighted by molar-refractivity contribution is -0.184. The molecule has 2 fully saturated rings. The van der Waals surface area contributed by atoms with Crippen molar-refractivity contribution >= 4 is 11.9 Å². The number of alkyl halides is 3. The van der Waals surface area contributed by atoms with E-state index in [2.05, 4.69) is 0 Å². The van der Waals surface area contributed by atoms with Crippen LogP contribution in [0.1, 0.15) is 32.1 Å². The first-order chi connectivity index (χ1) is 11.2. The summed E-state index contributed by atoms with van der Waals surface area (Å²) in [4.78, 5) is 29.2. The third kappa shape index (κ3) is 4.77. The second kappa shape index (κ2) is 7.61. The molecule has 0 aromatic rings. The van der Waals surface area contributed by atoms with E-state index in [0.29, 0.717) is 45.4 Å². The fraction of sp³-hybridized carbons (Fsp3) is 0.875. The zero-order valence-corrected chi connectivity index (χ0v) is 14.3. The molecule has 24 heavy (non-hydrogen) atoms. The molecule has 1 saturated carbocycles. The van der Waals surface area contributed by atoms with Gasteiger partial charge in [-0.25, -0.2) is 4.79 Å². The monoisotopic (exact) mass is 349 g/mol. The number of urea groups is 1. The van der Waals surface area contributed by atoms with Gasteiger partial charge in [0.1, 0.15) is 0 Å². The highest BCUT2D eigenvalue weighted by Crippen LogP contribution is 2.40. The van der Waals surface area contributed by atoms with Crippen LogP contribution in [0.3, 0.4) is 0 Å². The summed E-state index contributed by atoms with van der Waals surface area (Å²) in [5.41, 5.74) is 0. The van der Waals surface area contributed by atoms with Crippen LogP contribution in [0.2, 0.25) is 0 Å². The molecule has 0 spiro atoms. The molecule has 2 aliphatic rings. The van der Waals surface area contributed by atoms with E-state index in [9.17, 15) is 22.8 Å². The van der Waals surface area contributed by atoms with Gasteiger partial charge in [0, 0.05) is 46.7 Å².